The minimum absolute atomic E-state index is 0.188. The van der Waals surface area contributed by atoms with E-state index in [2.05, 4.69) is 16.7 Å². The van der Waals surface area contributed by atoms with Crippen LogP contribution in [0.25, 0.3) is 0 Å². The van der Waals surface area contributed by atoms with Crippen LogP contribution in [0.15, 0.2) is 21.9 Å². The first kappa shape index (κ1) is 10.9. The van der Waals surface area contributed by atoms with E-state index in [1.165, 1.54) is 0 Å². The van der Waals surface area contributed by atoms with Gasteiger partial charge in [0.1, 0.15) is 11.6 Å². The molecule has 0 aromatic carbocycles. The fourth-order valence-electron chi connectivity index (χ4n) is 0.627. The molecule has 3 heteroatoms. The van der Waals surface area contributed by atoms with Crippen molar-refractivity contribution in [1.29, 1.82) is 0 Å². The van der Waals surface area contributed by atoms with Crippen LogP contribution in [0.5, 0.6) is 0 Å². The van der Waals surface area contributed by atoms with Gasteiger partial charge < -0.3 is 4.74 Å². The van der Waals surface area contributed by atoms with Crippen LogP contribution >= 0.6 is 0 Å². The minimum Gasteiger partial charge on any atom is -0.494 e. The molecule has 0 radical (unpaired) electrons. The van der Waals surface area contributed by atoms with Crippen molar-refractivity contribution in [2.24, 2.45) is 9.98 Å². The molecule has 0 spiro atoms. The van der Waals surface area contributed by atoms with Crippen molar-refractivity contribution in [1.82, 2.24) is 0 Å². The first-order valence-electron chi connectivity index (χ1n) is 3.90. The van der Waals surface area contributed by atoms with E-state index in [4.69, 9.17) is 4.74 Å². The van der Waals surface area contributed by atoms with Gasteiger partial charge in [-0.2, -0.15) is 0 Å². The van der Waals surface area contributed by atoms with Gasteiger partial charge in [0.25, 0.3) is 0 Å². The summed E-state index contributed by atoms with van der Waals surface area (Å²) in [6.07, 6.45) is 1.83. The molecule has 0 aliphatic heterocycles. The lowest BCUT2D eigenvalue weighted by Crippen LogP contribution is -1.99. The van der Waals surface area contributed by atoms with Crippen LogP contribution in [0.2, 0.25) is 0 Å². The van der Waals surface area contributed by atoms with E-state index in [-0.39, 0.29) is 6.10 Å². The first-order chi connectivity index (χ1) is 5.56. The predicted molar refractivity (Wildman–Crippen MR) is 52.6 cm³/mol. The molecule has 0 unspecified atom stereocenters. The number of amidine groups is 1. The van der Waals surface area contributed by atoms with Gasteiger partial charge in [0, 0.05) is 0 Å². The number of hydrogen-bond acceptors (Lipinski definition) is 2. The van der Waals surface area contributed by atoms with Crippen molar-refractivity contribution in [3.63, 3.8) is 0 Å². The first-order valence-corrected chi connectivity index (χ1v) is 3.90. The molecule has 0 saturated heterocycles. The summed E-state index contributed by atoms with van der Waals surface area (Å²) >= 11 is 0. The Morgan fingerprint density at radius 2 is 2.00 bits per heavy atom. The van der Waals surface area contributed by atoms with E-state index in [1.54, 1.807) is 13.1 Å². The summed E-state index contributed by atoms with van der Waals surface area (Å²) in [5.74, 6) is 1.43. The second-order valence-electron chi connectivity index (χ2n) is 2.74. The fraction of sp³-hybridized carbons (Fsp3) is 0.556. The SMILES string of the molecule is C=NC(C)=N/C=C(\C)OC(C)C. The number of hydrogen-bond donors (Lipinski definition) is 0. The number of aliphatic imine (C=N–C) groups is 2. The maximum absolute atomic E-state index is 5.34. The summed E-state index contributed by atoms with van der Waals surface area (Å²) in [7, 11) is 0. The zero-order valence-electron chi connectivity index (χ0n) is 8.16. The summed E-state index contributed by atoms with van der Waals surface area (Å²) in [5.41, 5.74) is 0. The monoisotopic (exact) mass is 168 g/mol. The normalized spacial score (nSPS) is 13.4. The molecule has 0 bridgehead atoms. The van der Waals surface area contributed by atoms with Gasteiger partial charge in [-0.1, -0.05) is 0 Å². The number of rotatable bonds is 3. The second kappa shape index (κ2) is 5.52. The topological polar surface area (TPSA) is 34.0 Å². The van der Waals surface area contributed by atoms with Crippen LogP contribution in [-0.2, 0) is 4.74 Å². The van der Waals surface area contributed by atoms with Gasteiger partial charge in [-0.25, -0.2) is 9.98 Å². The molecule has 0 aromatic heterocycles. The Morgan fingerprint density at radius 3 is 2.42 bits per heavy atom. The van der Waals surface area contributed by atoms with Crippen molar-refractivity contribution in [3.05, 3.63) is 12.0 Å². The minimum atomic E-state index is 0.188. The lowest BCUT2D eigenvalue weighted by molar-refractivity contribution is 0.148. The molecule has 3 nitrogen and oxygen atoms in total. The van der Waals surface area contributed by atoms with Crippen molar-refractivity contribution in [2.75, 3.05) is 0 Å². The molecule has 0 rings (SSSR count). The third-order valence-corrected chi connectivity index (χ3v) is 1.08. The fourth-order valence-corrected chi connectivity index (χ4v) is 0.627. The van der Waals surface area contributed by atoms with Gasteiger partial charge in [0.2, 0.25) is 0 Å². The lowest BCUT2D eigenvalue weighted by Gasteiger charge is -2.07. The molecule has 0 aromatic rings. The molecule has 0 aliphatic rings. The standard InChI is InChI=1S/C9H16N2O/c1-7(2)12-8(3)6-11-9(4)10-5/h6-7H,5H2,1-4H3/b8-6+,11-9?. The van der Waals surface area contributed by atoms with E-state index in [1.807, 2.05) is 20.8 Å². The number of ether oxygens (including phenoxy) is 1. The van der Waals surface area contributed by atoms with Gasteiger partial charge in [-0.05, 0) is 34.4 Å². The zero-order valence-corrected chi connectivity index (χ0v) is 8.16. The Hall–Kier alpha value is -1.12. The highest BCUT2D eigenvalue weighted by Crippen LogP contribution is 2.00. The molecule has 0 N–H and O–H groups in total. The maximum Gasteiger partial charge on any atom is 0.124 e. The van der Waals surface area contributed by atoms with Crippen LogP contribution in [0.4, 0.5) is 0 Å². The maximum atomic E-state index is 5.34. The lowest BCUT2D eigenvalue weighted by atomic mass is 10.5. The van der Waals surface area contributed by atoms with Gasteiger partial charge in [-0.3, -0.25) is 0 Å². The summed E-state index contributed by atoms with van der Waals surface area (Å²) in [4.78, 5) is 7.64. The van der Waals surface area contributed by atoms with E-state index in [9.17, 15) is 0 Å². The van der Waals surface area contributed by atoms with Crippen molar-refractivity contribution in [3.8, 4) is 0 Å². The van der Waals surface area contributed by atoms with Crippen LogP contribution in [0, 0.1) is 0 Å². The molecule has 12 heavy (non-hydrogen) atoms. The largest absolute Gasteiger partial charge is 0.494 e. The Labute approximate surface area is 73.9 Å². The van der Waals surface area contributed by atoms with Crippen LogP contribution < -0.4 is 0 Å². The van der Waals surface area contributed by atoms with E-state index in [0.29, 0.717) is 5.84 Å². The van der Waals surface area contributed by atoms with Crippen LogP contribution in [0.3, 0.4) is 0 Å². The van der Waals surface area contributed by atoms with Crippen molar-refractivity contribution < 1.29 is 4.74 Å². The Balaban J connectivity index is 4.08. The van der Waals surface area contributed by atoms with Crippen molar-refractivity contribution >= 4 is 12.6 Å². The predicted octanol–water partition coefficient (Wildman–Crippen LogP) is 2.39. The van der Waals surface area contributed by atoms with E-state index < -0.39 is 0 Å². The highest BCUT2D eigenvalue weighted by atomic mass is 16.5. The molecule has 0 fully saturated rings. The third-order valence-electron chi connectivity index (χ3n) is 1.08. The summed E-state index contributed by atoms with van der Waals surface area (Å²) in [6, 6.07) is 0. The van der Waals surface area contributed by atoms with Gasteiger partial charge in [0.05, 0.1) is 12.3 Å². The van der Waals surface area contributed by atoms with Crippen LogP contribution in [-0.4, -0.2) is 18.7 Å². The van der Waals surface area contributed by atoms with E-state index in [0.717, 1.165) is 5.76 Å². The summed E-state index contributed by atoms with van der Waals surface area (Å²) in [6.45, 7) is 10.9. The summed E-state index contributed by atoms with van der Waals surface area (Å²) in [5, 5.41) is 0. The summed E-state index contributed by atoms with van der Waals surface area (Å²) < 4.78 is 5.34. The molecule has 68 valence electrons. The van der Waals surface area contributed by atoms with Gasteiger partial charge in [-0.15, -0.1) is 0 Å². The smallest absolute Gasteiger partial charge is 0.124 e. The Morgan fingerprint density at radius 1 is 1.42 bits per heavy atom. The molecule has 0 amide bonds. The Bertz CT molecular complexity index is 205. The molecule has 0 aliphatic carbocycles. The average molecular weight is 168 g/mol. The Kier molecular flexibility index (Phi) is 5.00. The van der Waals surface area contributed by atoms with E-state index >= 15 is 0 Å². The second-order valence-corrected chi connectivity index (χ2v) is 2.74. The molecule has 0 heterocycles. The highest BCUT2D eigenvalue weighted by molar-refractivity contribution is 5.84. The van der Waals surface area contributed by atoms with Crippen LogP contribution in [0.1, 0.15) is 27.7 Å². The quantitative estimate of drug-likeness (QED) is 0.362. The molecule has 0 saturated carbocycles. The molecular weight excluding hydrogens is 152 g/mol. The highest BCUT2D eigenvalue weighted by Gasteiger charge is 1.92. The van der Waals surface area contributed by atoms with Gasteiger partial charge in [0.15, 0.2) is 0 Å². The molecular formula is C9H16N2O. The zero-order chi connectivity index (χ0) is 9.56. The average Bonchev–Trinajstić information content (AvgIpc) is 1.99. The van der Waals surface area contributed by atoms with Gasteiger partial charge >= 0.3 is 0 Å². The number of allylic oxidation sites excluding steroid dienone is 1. The number of nitrogens with zero attached hydrogens (tertiary/aromatic N) is 2. The molecule has 0 atom stereocenters. The third kappa shape index (κ3) is 5.65. The van der Waals surface area contributed by atoms with Crippen molar-refractivity contribution in [2.45, 2.75) is 33.8 Å².